The van der Waals surface area contributed by atoms with E-state index in [1.54, 1.807) is 32.0 Å². The molecule has 2 aromatic carbocycles. The molecule has 0 amide bonds. The van der Waals surface area contributed by atoms with Gasteiger partial charge in [-0.25, -0.2) is 9.97 Å². The van der Waals surface area contributed by atoms with Gasteiger partial charge in [0.2, 0.25) is 5.78 Å². The van der Waals surface area contributed by atoms with Gasteiger partial charge in [0.25, 0.3) is 0 Å². The number of hydrogen-bond donors (Lipinski definition) is 0. The number of carbonyl (C=O) groups excluding carboxylic acids is 1. The van der Waals surface area contributed by atoms with E-state index >= 15 is 0 Å². The lowest BCUT2D eigenvalue weighted by molar-refractivity contribution is -0.137. The lowest BCUT2D eigenvalue weighted by Crippen LogP contribution is -2.08. The summed E-state index contributed by atoms with van der Waals surface area (Å²) in [4.78, 5) is 23.0. The van der Waals surface area contributed by atoms with Gasteiger partial charge >= 0.3 is 6.18 Å². The number of carbonyl (C=O) groups is 1. The number of thiophene rings is 1. The van der Waals surface area contributed by atoms with Crippen molar-refractivity contribution >= 4 is 50.5 Å². The lowest BCUT2D eigenvalue weighted by atomic mass is 10.0. The maximum Gasteiger partial charge on any atom is 0.416 e. The normalized spacial score (nSPS) is 11.8. The molecule has 0 bridgehead atoms. The van der Waals surface area contributed by atoms with Gasteiger partial charge in [-0.2, -0.15) is 13.2 Å². The van der Waals surface area contributed by atoms with Crippen molar-refractivity contribution in [2.45, 2.75) is 20.0 Å². The van der Waals surface area contributed by atoms with E-state index in [0.717, 1.165) is 23.5 Å². The van der Waals surface area contributed by atoms with Crippen molar-refractivity contribution in [3.05, 3.63) is 79.8 Å². The Labute approximate surface area is 189 Å². The molecule has 158 valence electrons. The van der Waals surface area contributed by atoms with Gasteiger partial charge < -0.3 is 0 Å². The van der Waals surface area contributed by atoms with Gasteiger partial charge in [-0.3, -0.25) is 4.79 Å². The molecule has 31 heavy (non-hydrogen) atoms. The molecule has 4 aromatic rings. The summed E-state index contributed by atoms with van der Waals surface area (Å²) in [7, 11) is 0. The summed E-state index contributed by atoms with van der Waals surface area (Å²) in [5.41, 5.74) is 0.966. The molecule has 0 unspecified atom stereocenters. The molecule has 0 aliphatic rings. The fourth-order valence-electron chi connectivity index (χ4n) is 3.31. The minimum atomic E-state index is -4.53. The van der Waals surface area contributed by atoms with E-state index in [-0.39, 0.29) is 5.56 Å². The predicted octanol–water partition coefficient (Wildman–Crippen LogP) is 7.53. The monoisotopic (exact) mass is 480 g/mol. The smallest absolute Gasteiger partial charge is 0.288 e. The number of nitrogens with zero attached hydrogens (tertiary/aromatic N) is 2. The lowest BCUT2D eigenvalue weighted by Gasteiger charge is -2.08. The highest BCUT2D eigenvalue weighted by atomic mass is 35.5. The van der Waals surface area contributed by atoms with E-state index in [9.17, 15) is 18.0 Å². The zero-order valence-electron chi connectivity index (χ0n) is 16.1. The number of halogens is 5. The molecule has 0 saturated heterocycles. The van der Waals surface area contributed by atoms with Crippen LogP contribution in [0.4, 0.5) is 13.2 Å². The van der Waals surface area contributed by atoms with Crippen LogP contribution in [0.3, 0.4) is 0 Å². The highest BCUT2D eigenvalue weighted by molar-refractivity contribution is 7.20. The number of benzene rings is 2. The standard InChI is InChI=1S/C22H13Cl2F3N2OS/c1-10-17-11(2)28-20(15-7-6-14(23)9-16(15)24)29-21(17)31-19(10)18(30)12-4-3-5-13(8-12)22(25,26)27/h3-9H,1-2H3. The molecule has 0 fully saturated rings. The maximum absolute atomic E-state index is 13.1. The Morgan fingerprint density at radius 2 is 1.77 bits per heavy atom. The topological polar surface area (TPSA) is 42.9 Å². The Morgan fingerprint density at radius 3 is 2.45 bits per heavy atom. The molecule has 0 N–H and O–H groups in total. The van der Waals surface area contributed by atoms with Gasteiger partial charge in [-0.1, -0.05) is 35.3 Å². The predicted molar refractivity (Wildman–Crippen MR) is 117 cm³/mol. The largest absolute Gasteiger partial charge is 0.416 e. The van der Waals surface area contributed by atoms with Crippen LogP contribution in [0.1, 0.15) is 32.1 Å². The van der Waals surface area contributed by atoms with Crippen LogP contribution in [0.5, 0.6) is 0 Å². The van der Waals surface area contributed by atoms with Crippen molar-refractivity contribution in [1.82, 2.24) is 9.97 Å². The number of aromatic nitrogens is 2. The molecule has 0 aliphatic heterocycles. The third-order valence-corrected chi connectivity index (χ3v) is 6.53. The quantitative estimate of drug-likeness (QED) is 0.284. The Hall–Kier alpha value is -2.48. The van der Waals surface area contributed by atoms with Gasteiger partial charge in [0.05, 0.1) is 21.2 Å². The second-order valence-corrected chi connectivity index (χ2v) is 8.74. The minimum Gasteiger partial charge on any atom is -0.288 e. The molecule has 0 spiro atoms. The van der Waals surface area contributed by atoms with Gasteiger partial charge in [-0.05, 0) is 49.7 Å². The maximum atomic E-state index is 13.1. The summed E-state index contributed by atoms with van der Waals surface area (Å²) >= 11 is 13.4. The third kappa shape index (κ3) is 4.05. The zero-order valence-corrected chi connectivity index (χ0v) is 18.5. The van der Waals surface area contributed by atoms with Crippen molar-refractivity contribution < 1.29 is 18.0 Å². The minimum absolute atomic E-state index is 0.0314. The molecule has 2 aromatic heterocycles. The number of ketones is 1. The van der Waals surface area contributed by atoms with Gasteiger partial charge in [0, 0.05) is 21.5 Å². The van der Waals surface area contributed by atoms with Gasteiger partial charge in [0.1, 0.15) is 4.83 Å². The average Bonchev–Trinajstić information content (AvgIpc) is 3.03. The van der Waals surface area contributed by atoms with Crippen LogP contribution < -0.4 is 0 Å². The number of hydrogen-bond acceptors (Lipinski definition) is 4. The number of rotatable bonds is 3. The second-order valence-electron chi connectivity index (χ2n) is 6.90. The summed E-state index contributed by atoms with van der Waals surface area (Å²) in [5, 5.41) is 1.57. The molecule has 3 nitrogen and oxygen atoms in total. The van der Waals surface area contributed by atoms with Crippen molar-refractivity contribution in [3.8, 4) is 11.4 Å². The number of fused-ring (bicyclic) bond motifs is 1. The summed E-state index contributed by atoms with van der Waals surface area (Å²) in [5.74, 6) is -0.108. The first-order chi connectivity index (χ1) is 14.6. The van der Waals surface area contributed by atoms with Crippen LogP contribution in [-0.2, 0) is 6.18 Å². The average molecular weight is 481 g/mol. The third-order valence-electron chi connectivity index (χ3n) is 4.80. The first kappa shape index (κ1) is 21.7. The van der Waals surface area contributed by atoms with Crippen molar-refractivity contribution in [3.63, 3.8) is 0 Å². The molecule has 0 atom stereocenters. The van der Waals surface area contributed by atoms with E-state index < -0.39 is 17.5 Å². The molecule has 0 radical (unpaired) electrons. The Balaban J connectivity index is 1.83. The number of aryl methyl sites for hydroxylation is 2. The Kier molecular flexibility index (Phi) is 5.54. The van der Waals surface area contributed by atoms with E-state index in [2.05, 4.69) is 9.97 Å². The van der Waals surface area contributed by atoms with Crippen LogP contribution in [-0.4, -0.2) is 15.8 Å². The second kappa shape index (κ2) is 7.89. The van der Waals surface area contributed by atoms with Crippen LogP contribution in [0, 0.1) is 13.8 Å². The van der Waals surface area contributed by atoms with Crippen molar-refractivity contribution in [2.24, 2.45) is 0 Å². The van der Waals surface area contributed by atoms with E-state index in [1.165, 1.54) is 12.1 Å². The summed E-state index contributed by atoms with van der Waals surface area (Å²) in [6, 6.07) is 9.37. The van der Waals surface area contributed by atoms with Gasteiger partial charge in [-0.15, -0.1) is 11.3 Å². The fourth-order valence-corrected chi connectivity index (χ4v) is 5.00. The molecule has 4 rings (SSSR count). The summed E-state index contributed by atoms with van der Waals surface area (Å²) in [6.45, 7) is 3.53. The van der Waals surface area contributed by atoms with E-state index in [1.807, 2.05) is 0 Å². The van der Waals surface area contributed by atoms with Crippen LogP contribution in [0.25, 0.3) is 21.6 Å². The van der Waals surface area contributed by atoms with Crippen molar-refractivity contribution in [2.75, 3.05) is 0 Å². The van der Waals surface area contributed by atoms with E-state index in [0.29, 0.717) is 47.8 Å². The Bertz CT molecular complexity index is 1350. The van der Waals surface area contributed by atoms with Crippen LogP contribution in [0.2, 0.25) is 10.0 Å². The molecule has 2 heterocycles. The molecular weight excluding hydrogens is 468 g/mol. The molecule has 9 heteroatoms. The molecular formula is C22H13Cl2F3N2OS. The van der Waals surface area contributed by atoms with Gasteiger partial charge in [0.15, 0.2) is 5.82 Å². The summed E-state index contributed by atoms with van der Waals surface area (Å²) in [6.07, 6.45) is -4.53. The highest BCUT2D eigenvalue weighted by Crippen LogP contribution is 2.36. The first-order valence-corrected chi connectivity index (χ1v) is 10.6. The van der Waals surface area contributed by atoms with E-state index in [4.69, 9.17) is 23.2 Å². The molecule has 0 aliphatic carbocycles. The SMILES string of the molecule is Cc1nc(-c2ccc(Cl)cc2Cl)nc2sc(C(=O)c3cccc(C(F)(F)F)c3)c(C)c12. The number of alkyl halides is 3. The van der Waals surface area contributed by atoms with Crippen LogP contribution >= 0.6 is 34.5 Å². The summed E-state index contributed by atoms with van der Waals surface area (Å²) < 4.78 is 39.2. The fraction of sp³-hybridized carbons (Fsp3) is 0.136. The molecule has 0 saturated carbocycles. The van der Waals surface area contributed by atoms with Crippen molar-refractivity contribution in [1.29, 1.82) is 0 Å². The Morgan fingerprint density at radius 1 is 1.03 bits per heavy atom. The zero-order chi connectivity index (χ0) is 22.5. The highest BCUT2D eigenvalue weighted by Gasteiger charge is 2.31. The first-order valence-electron chi connectivity index (χ1n) is 9.01. The van der Waals surface area contributed by atoms with Crippen LogP contribution in [0.15, 0.2) is 42.5 Å².